The van der Waals surface area contributed by atoms with E-state index in [0.29, 0.717) is 0 Å². The Hall–Kier alpha value is -2.27. The van der Waals surface area contributed by atoms with E-state index in [1.54, 1.807) is 37.6 Å². The van der Waals surface area contributed by atoms with E-state index < -0.39 is 0 Å². The lowest BCUT2D eigenvalue weighted by Gasteiger charge is -2.11. The first-order valence-corrected chi connectivity index (χ1v) is 6.39. The number of rotatable bonds is 6. The number of ether oxygens (including phenoxy) is 1. The van der Waals surface area contributed by atoms with Gasteiger partial charge in [-0.2, -0.15) is 0 Å². The Labute approximate surface area is 117 Å². The Morgan fingerprint density at radius 3 is 2.65 bits per heavy atom. The van der Waals surface area contributed by atoms with Gasteiger partial charge in [-0.1, -0.05) is 0 Å². The Bertz CT molecular complexity index is 535. The van der Waals surface area contributed by atoms with Gasteiger partial charge in [-0.15, -0.1) is 0 Å². The van der Waals surface area contributed by atoms with Crippen LogP contribution in [0.2, 0.25) is 0 Å². The predicted molar refractivity (Wildman–Crippen MR) is 76.7 cm³/mol. The highest BCUT2D eigenvalue weighted by Gasteiger charge is 2.09. The van der Waals surface area contributed by atoms with Crippen LogP contribution in [0.4, 0.5) is 5.69 Å². The molecule has 0 aliphatic rings. The van der Waals surface area contributed by atoms with Crippen LogP contribution in [-0.4, -0.2) is 19.6 Å². The highest BCUT2D eigenvalue weighted by Crippen LogP contribution is 2.15. The fraction of sp³-hybridized carbons (Fsp3) is 0.267. The third kappa shape index (κ3) is 3.86. The van der Waals surface area contributed by atoms with Crippen molar-refractivity contribution in [1.82, 2.24) is 5.32 Å². The van der Waals surface area contributed by atoms with Crippen molar-refractivity contribution in [3.8, 4) is 5.75 Å². The third-order valence-corrected chi connectivity index (χ3v) is 2.91. The monoisotopic (exact) mass is 274 g/mol. The molecule has 0 bridgehead atoms. The molecule has 1 unspecified atom stereocenters. The predicted octanol–water partition coefficient (Wildman–Crippen LogP) is 2.58. The SMILES string of the molecule is COc1ccc(NC(=O)CNC(C)c2ccco2)cc1. The summed E-state index contributed by atoms with van der Waals surface area (Å²) >= 11 is 0. The minimum absolute atomic E-state index is 0.00776. The molecule has 1 amide bonds. The molecule has 106 valence electrons. The summed E-state index contributed by atoms with van der Waals surface area (Å²) in [7, 11) is 1.60. The van der Waals surface area contributed by atoms with Crippen molar-refractivity contribution >= 4 is 11.6 Å². The summed E-state index contributed by atoms with van der Waals surface area (Å²) < 4.78 is 10.3. The average Bonchev–Trinajstić information content (AvgIpc) is 3.00. The van der Waals surface area contributed by atoms with Gasteiger partial charge in [0.2, 0.25) is 5.91 Å². The molecule has 2 aromatic rings. The van der Waals surface area contributed by atoms with Crippen LogP contribution >= 0.6 is 0 Å². The number of furan rings is 1. The highest BCUT2D eigenvalue weighted by atomic mass is 16.5. The van der Waals surface area contributed by atoms with Gasteiger partial charge < -0.3 is 14.5 Å². The fourth-order valence-electron chi connectivity index (χ4n) is 1.76. The van der Waals surface area contributed by atoms with E-state index >= 15 is 0 Å². The van der Waals surface area contributed by atoms with Crippen LogP contribution in [0.25, 0.3) is 0 Å². The Kier molecular flexibility index (Phi) is 4.79. The highest BCUT2D eigenvalue weighted by molar-refractivity contribution is 5.92. The first kappa shape index (κ1) is 14.1. The number of anilines is 1. The van der Waals surface area contributed by atoms with E-state index in [1.807, 2.05) is 19.1 Å². The second kappa shape index (κ2) is 6.77. The van der Waals surface area contributed by atoms with E-state index in [9.17, 15) is 4.79 Å². The molecule has 1 atom stereocenters. The molecule has 0 saturated carbocycles. The van der Waals surface area contributed by atoms with Crippen molar-refractivity contribution in [3.05, 3.63) is 48.4 Å². The molecular formula is C15H18N2O3. The number of hydrogen-bond acceptors (Lipinski definition) is 4. The smallest absolute Gasteiger partial charge is 0.238 e. The molecule has 1 heterocycles. The van der Waals surface area contributed by atoms with Crippen molar-refractivity contribution in [1.29, 1.82) is 0 Å². The normalized spacial score (nSPS) is 11.9. The zero-order chi connectivity index (χ0) is 14.4. The van der Waals surface area contributed by atoms with Crippen molar-refractivity contribution in [2.24, 2.45) is 0 Å². The van der Waals surface area contributed by atoms with E-state index in [1.165, 1.54) is 0 Å². The van der Waals surface area contributed by atoms with Crippen LogP contribution < -0.4 is 15.4 Å². The van der Waals surface area contributed by atoms with Crippen LogP contribution in [0.5, 0.6) is 5.75 Å². The maximum Gasteiger partial charge on any atom is 0.238 e. The molecule has 20 heavy (non-hydrogen) atoms. The summed E-state index contributed by atoms with van der Waals surface area (Å²) in [6.07, 6.45) is 1.62. The number of hydrogen-bond donors (Lipinski definition) is 2. The first-order valence-electron chi connectivity index (χ1n) is 6.39. The van der Waals surface area contributed by atoms with E-state index in [0.717, 1.165) is 17.2 Å². The van der Waals surface area contributed by atoms with Crippen molar-refractivity contribution < 1.29 is 13.9 Å². The van der Waals surface area contributed by atoms with Crippen LogP contribution in [0.3, 0.4) is 0 Å². The maximum absolute atomic E-state index is 11.8. The van der Waals surface area contributed by atoms with Gasteiger partial charge >= 0.3 is 0 Å². The van der Waals surface area contributed by atoms with Crippen molar-refractivity contribution in [2.45, 2.75) is 13.0 Å². The molecule has 0 radical (unpaired) electrons. The Morgan fingerprint density at radius 2 is 2.05 bits per heavy atom. The molecule has 2 N–H and O–H groups in total. The molecule has 0 saturated heterocycles. The van der Waals surface area contributed by atoms with Crippen LogP contribution in [0, 0.1) is 0 Å². The summed E-state index contributed by atoms with van der Waals surface area (Å²) in [5.74, 6) is 1.46. The summed E-state index contributed by atoms with van der Waals surface area (Å²) in [4.78, 5) is 11.8. The number of nitrogens with one attached hydrogen (secondary N) is 2. The Balaban J connectivity index is 1.80. The van der Waals surface area contributed by atoms with Gasteiger partial charge in [0.1, 0.15) is 11.5 Å². The molecule has 1 aromatic carbocycles. The molecule has 1 aromatic heterocycles. The number of benzene rings is 1. The van der Waals surface area contributed by atoms with Crippen molar-refractivity contribution in [3.63, 3.8) is 0 Å². The minimum Gasteiger partial charge on any atom is -0.497 e. The molecule has 2 rings (SSSR count). The number of carbonyl (C=O) groups excluding carboxylic acids is 1. The summed E-state index contributed by atoms with van der Waals surface area (Å²) in [6, 6.07) is 10.9. The van der Waals surface area contributed by atoms with Gasteiger partial charge in [0.05, 0.1) is 26.0 Å². The first-order chi connectivity index (χ1) is 9.69. The minimum atomic E-state index is -0.103. The maximum atomic E-state index is 11.8. The molecule has 0 aliphatic heterocycles. The van der Waals surface area contributed by atoms with E-state index in [-0.39, 0.29) is 18.5 Å². The zero-order valence-corrected chi connectivity index (χ0v) is 11.6. The summed E-state index contributed by atoms with van der Waals surface area (Å²) in [6.45, 7) is 2.16. The van der Waals surface area contributed by atoms with Gasteiger partial charge in [-0.3, -0.25) is 10.1 Å². The Morgan fingerprint density at radius 1 is 1.30 bits per heavy atom. The molecular weight excluding hydrogens is 256 g/mol. The third-order valence-electron chi connectivity index (χ3n) is 2.91. The van der Waals surface area contributed by atoms with Crippen LogP contribution in [0.15, 0.2) is 47.1 Å². The molecule has 0 fully saturated rings. The molecule has 5 heteroatoms. The lowest BCUT2D eigenvalue weighted by Crippen LogP contribution is -2.29. The summed E-state index contributed by atoms with van der Waals surface area (Å²) in [5, 5.41) is 5.90. The fourth-order valence-corrected chi connectivity index (χ4v) is 1.76. The zero-order valence-electron chi connectivity index (χ0n) is 11.6. The van der Waals surface area contributed by atoms with Gasteiger partial charge in [-0.05, 0) is 43.3 Å². The van der Waals surface area contributed by atoms with Gasteiger partial charge in [-0.25, -0.2) is 0 Å². The average molecular weight is 274 g/mol. The number of methoxy groups -OCH3 is 1. The van der Waals surface area contributed by atoms with E-state index in [2.05, 4.69) is 10.6 Å². The number of amides is 1. The topological polar surface area (TPSA) is 63.5 Å². The molecule has 0 spiro atoms. The summed E-state index contributed by atoms with van der Waals surface area (Å²) in [5.41, 5.74) is 0.739. The largest absolute Gasteiger partial charge is 0.497 e. The number of carbonyl (C=O) groups is 1. The van der Waals surface area contributed by atoms with Gasteiger partial charge in [0.25, 0.3) is 0 Å². The lowest BCUT2D eigenvalue weighted by molar-refractivity contribution is -0.115. The second-order valence-corrected chi connectivity index (χ2v) is 4.39. The van der Waals surface area contributed by atoms with Crippen molar-refractivity contribution in [2.75, 3.05) is 19.0 Å². The van der Waals surface area contributed by atoms with Gasteiger partial charge in [0, 0.05) is 5.69 Å². The molecule has 5 nitrogen and oxygen atoms in total. The second-order valence-electron chi connectivity index (χ2n) is 4.39. The quantitative estimate of drug-likeness (QED) is 0.849. The van der Waals surface area contributed by atoms with Crippen LogP contribution in [-0.2, 0) is 4.79 Å². The standard InChI is InChI=1S/C15H18N2O3/c1-11(14-4-3-9-20-14)16-10-15(18)17-12-5-7-13(19-2)8-6-12/h3-9,11,16H,10H2,1-2H3,(H,17,18). The van der Waals surface area contributed by atoms with E-state index in [4.69, 9.17) is 9.15 Å². The van der Waals surface area contributed by atoms with Gasteiger partial charge in [0.15, 0.2) is 0 Å². The van der Waals surface area contributed by atoms with Crippen LogP contribution in [0.1, 0.15) is 18.7 Å². The lowest BCUT2D eigenvalue weighted by atomic mass is 10.2. The molecule has 0 aliphatic carbocycles.